The van der Waals surface area contributed by atoms with Crippen LogP contribution in [0.25, 0.3) is 0 Å². The third kappa shape index (κ3) is 2.99. The highest BCUT2D eigenvalue weighted by Crippen LogP contribution is 2.35. The molecule has 2 rings (SSSR count). The third-order valence-electron chi connectivity index (χ3n) is 3.23. The molecule has 1 unspecified atom stereocenters. The topological polar surface area (TPSA) is 22.1 Å². The second-order valence-electron chi connectivity index (χ2n) is 4.60. The van der Waals surface area contributed by atoms with Crippen molar-refractivity contribution in [3.8, 4) is 11.5 Å². The van der Waals surface area contributed by atoms with Gasteiger partial charge in [0.25, 0.3) is 11.9 Å². The van der Waals surface area contributed by atoms with Crippen LogP contribution < -0.4 is 4.74 Å². The highest BCUT2D eigenvalue weighted by atomic mass is 19.2. The van der Waals surface area contributed by atoms with Crippen LogP contribution in [-0.4, -0.2) is 4.98 Å². The predicted octanol–water partition coefficient (Wildman–Crippen LogP) is 4.94. The van der Waals surface area contributed by atoms with Gasteiger partial charge in [0.15, 0.2) is 0 Å². The molecular formula is C15H13F4NO. The van der Waals surface area contributed by atoms with Gasteiger partial charge in [0, 0.05) is 0 Å². The zero-order valence-electron chi connectivity index (χ0n) is 11.5. The van der Waals surface area contributed by atoms with Crippen molar-refractivity contribution in [3.63, 3.8) is 0 Å². The Labute approximate surface area is 119 Å². The van der Waals surface area contributed by atoms with Crippen LogP contribution in [0.2, 0.25) is 0 Å². The van der Waals surface area contributed by atoms with E-state index in [1.165, 1.54) is 6.07 Å². The molecule has 0 aliphatic heterocycles. The molecule has 1 aromatic carbocycles. The van der Waals surface area contributed by atoms with Gasteiger partial charge in [-0.05, 0) is 24.0 Å². The number of aromatic nitrogens is 1. The summed E-state index contributed by atoms with van der Waals surface area (Å²) in [6.07, 6.45) is 0.768. The van der Waals surface area contributed by atoms with Crippen molar-refractivity contribution in [1.29, 1.82) is 0 Å². The maximum absolute atomic E-state index is 13.6. The Morgan fingerprint density at radius 3 is 2.19 bits per heavy atom. The van der Waals surface area contributed by atoms with Crippen molar-refractivity contribution in [2.75, 3.05) is 0 Å². The second-order valence-corrected chi connectivity index (χ2v) is 4.60. The molecule has 6 heteroatoms. The molecule has 0 bridgehead atoms. The molecule has 0 spiro atoms. The SMILES string of the molecule is CCC(C)c1ccccc1Oc1c(F)c(F)nc(F)c1F. The zero-order valence-corrected chi connectivity index (χ0v) is 11.5. The van der Waals surface area contributed by atoms with Gasteiger partial charge in [-0.25, -0.2) is 0 Å². The molecule has 112 valence electrons. The van der Waals surface area contributed by atoms with Crippen molar-refractivity contribution in [1.82, 2.24) is 4.98 Å². The number of nitrogens with zero attached hydrogens (tertiary/aromatic N) is 1. The fraction of sp³-hybridized carbons (Fsp3) is 0.267. The zero-order chi connectivity index (χ0) is 15.6. The first kappa shape index (κ1) is 15.3. The first-order valence-corrected chi connectivity index (χ1v) is 6.42. The molecule has 0 radical (unpaired) electrons. The van der Waals surface area contributed by atoms with Crippen LogP contribution in [-0.2, 0) is 0 Å². The van der Waals surface area contributed by atoms with Crippen LogP contribution in [0.1, 0.15) is 31.7 Å². The van der Waals surface area contributed by atoms with Crippen molar-refractivity contribution in [2.45, 2.75) is 26.2 Å². The quantitative estimate of drug-likeness (QED) is 0.589. The Balaban J connectivity index is 2.49. The standard InChI is InChI=1S/C15H13F4NO/c1-3-8(2)9-6-4-5-7-10(9)21-13-11(16)14(18)20-15(19)12(13)17/h4-8H,3H2,1-2H3. The third-order valence-corrected chi connectivity index (χ3v) is 3.23. The summed E-state index contributed by atoms with van der Waals surface area (Å²) in [5.41, 5.74) is 0.691. The molecule has 2 nitrogen and oxygen atoms in total. The molecular weight excluding hydrogens is 286 g/mol. The van der Waals surface area contributed by atoms with E-state index < -0.39 is 29.3 Å². The molecule has 2 aromatic rings. The van der Waals surface area contributed by atoms with Gasteiger partial charge >= 0.3 is 0 Å². The minimum absolute atomic E-state index is 0.0591. The highest BCUT2D eigenvalue weighted by molar-refractivity contribution is 5.40. The average Bonchev–Trinajstić information content (AvgIpc) is 2.49. The number of rotatable bonds is 4. The Bertz CT molecular complexity index is 634. The normalized spacial score (nSPS) is 12.3. The molecule has 1 atom stereocenters. The molecule has 0 aliphatic rings. The van der Waals surface area contributed by atoms with Gasteiger partial charge < -0.3 is 4.74 Å². The summed E-state index contributed by atoms with van der Waals surface area (Å²) in [5.74, 6) is -7.73. The van der Waals surface area contributed by atoms with E-state index in [-0.39, 0.29) is 11.7 Å². The predicted molar refractivity (Wildman–Crippen MR) is 69.3 cm³/mol. The van der Waals surface area contributed by atoms with Gasteiger partial charge in [0.1, 0.15) is 5.75 Å². The fourth-order valence-corrected chi connectivity index (χ4v) is 1.87. The molecule has 0 aliphatic carbocycles. The maximum atomic E-state index is 13.6. The number of para-hydroxylation sites is 1. The smallest absolute Gasteiger partial charge is 0.255 e. The van der Waals surface area contributed by atoms with E-state index in [0.717, 1.165) is 6.42 Å². The summed E-state index contributed by atoms with van der Waals surface area (Å²) in [6.45, 7) is 3.84. The molecule has 0 N–H and O–H groups in total. The lowest BCUT2D eigenvalue weighted by molar-refractivity contribution is 0.341. The van der Waals surface area contributed by atoms with E-state index in [9.17, 15) is 17.6 Å². The van der Waals surface area contributed by atoms with Crippen molar-refractivity contribution >= 4 is 0 Å². The number of pyridine rings is 1. The van der Waals surface area contributed by atoms with Gasteiger partial charge in [-0.1, -0.05) is 32.0 Å². The van der Waals surface area contributed by atoms with Crippen LogP contribution in [0.5, 0.6) is 11.5 Å². The first-order chi connectivity index (χ1) is 9.95. The Kier molecular flexibility index (Phi) is 4.45. The summed E-state index contributed by atoms with van der Waals surface area (Å²) in [5, 5.41) is 0. The van der Waals surface area contributed by atoms with Crippen molar-refractivity contribution in [2.24, 2.45) is 0 Å². The van der Waals surface area contributed by atoms with E-state index >= 15 is 0 Å². The molecule has 0 fully saturated rings. The lowest BCUT2D eigenvalue weighted by atomic mass is 9.98. The van der Waals surface area contributed by atoms with Gasteiger partial charge in [-0.15, -0.1) is 0 Å². The number of ether oxygens (including phenoxy) is 1. The average molecular weight is 299 g/mol. The number of halogens is 4. The Morgan fingerprint density at radius 1 is 1.05 bits per heavy atom. The van der Waals surface area contributed by atoms with E-state index in [0.29, 0.717) is 5.56 Å². The van der Waals surface area contributed by atoms with E-state index in [1.807, 2.05) is 13.8 Å². The van der Waals surface area contributed by atoms with E-state index in [1.54, 1.807) is 18.2 Å². The largest absolute Gasteiger partial charge is 0.451 e. The molecule has 0 saturated heterocycles. The summed E-state index contributed by atoms with van der Waals surface area (Å²) >= 11 is 0. The maximum Gasteiger partial charge on any atom is 0.255 e. The fourth-order valence-electron chi connectivity index (χ4n) is 1.87. The van der Waals surface area contributed by atoms with E-state index in [4.69, 9.17) is 4.74 Å². The summed E-state index contributed by atoms with van der Waals surface area (Å²) in [7, 11) is 0. The van der Waals surface area contributed by atoms with Gasteiger partial charge in [0.2, 0.25) is 17.4 Å². The second kappa shape index (κ2) is 6.11. The molecule has 21 heavy (non-hydrogen) atoms. The molecule has 0 saturated carbocycles. The Hall–Kier alpha value is -2.11. The molecule has 0 amide bonds. The number of benzene rings is 1. The van der Waals surface area contributed by atoms with Gasteiger partial charge in [-0.3, -0.25) is 0 Å². The lowest BCUT2D eigenvalue weighted by Crippen LogP contribution is -2.04. The minimum atomic E-state index is -1.75. The molecule has 1 heterocycles. The van der Waals surface area contributed by atoms with Gasteiger partial charge in [0.05, 0.1) is 0 Å². The lowest BCUT2D eigenvalue weighted by Gasteiger charge is -2.16. The number of hydrogen-bond donors (Lipinski definition) is 0. The van der Waals surface area contributed by atoms with Crippen LogP contribution >= 0.6 is 0 Å². The summed E-state index contributed by atoms with van der Waals surface area (Å²) in [6, 6.07) is 6.56. The van der Waals surface area contributed by atoms with Crippen LogP contribution in [0.3, 0.4) is 0 Å². The van der Waals surface area contributed by atoms with Crippen LogP contribution in [0.15, 0.2) is 24.3 Å². The van der Waals surface area contributed by atoms with Crippen molar-refractivity contribution in [3.05, 3.63) is 53.4 Å². The summed E-state index contributed by atoms with van der Waals surface area (Å²) in [4.78, 5) is 2.49. The van der Waals surface area contributed by atoms with Crippen LogP contribution in [0.4, 0.5) is 17.6 Å². The molecule has 1 aromatic heterocycles. The minimum Gasteiger partial charge on any atom is -0.451 e. The number of hydrogen-bond acceptors (Lipinski definition) is 2. The van der Waals surface area contributed by atoms with Gasteiger partial charge in [-0.2, -0.15) is 22.5 Å². The highest BCUT2D eigenvalue weighted by Gasteiger charge is 2.24. The van der Waals surface area contributed by atoms with Crippen molar-refractivity contribution < 1.29 is 22.3 Å². The first-order valence-electron chi connectivity index (χ1n) is 6.42. The monoisotopic (exact) mass is 299 g/mol. The van der Waals surface area contributed by atoms with E-state index in [2.05, 4.69) is 4.98 Å². The van der Waals surface area contributed by atoms with Crippen LogP contribution in [0, 0.1) is 23.5 Å². The summed E-state index contributed by atoms with van der Waals surface area (Å²) < 4.78 is 58.4. The Morgan fingerprint density at radius 2 is 1.62 bits per heavy atom.